The van der Waals surface area contributed by atoms with Crippen LogP contribution in [0.15, 0.2) is 54.6 Å². The molecule has 0 N–H and O–H groups in total. The summed E-state index contributed by atoms with van der Waals surface area (Å²) in [5.41, 5.74) is 3.30. The Hall–Kier alpha value is -2.88. The van der Waals surface area contributed by atoms with E-state index in [0.717, 1.165) is 18.5 Å². The number of carbonyl (C=O) groups is 2. The lowest BCUT2D eigenvalue weighted by Crippen LogP contribution is -2.34. The van der Waals surface area contributed by atoms with Crippen molar-refractivity contribution in [2.45, 2.75) is 12.8 Å². The Kier molecular flexibility index (Phi) is 3.23. The molecule has 0 radical (unpaired) electrons. The summed E-state index contributed by atoms with van der Waals surface area (Å²) < 4.78 is 5.26. The summed E-state index contributed by atoms with van der Waals surface area (Å²) in [4.78, 5) is 26.3. The highest BCUT2D eigenvalue weighted by molar-refractivity contribution is 6.10. The Labute approximate surface area is 134 Å². The molecular formula is C19H15NO3. The number of carbonyl (C=O) groups excluding carboxylic acids is 2. The maximum absolute atomic E-state index is 12.7. The first-order chi connectivity index (χ1) is 11.2. The summed E-state index contributed by atoms with van der Waals surface area (Å²) >= 11 is 0. The van der Waals surface area contributed by atoms with Gasteiger partial charge in [0.05, 0.1) is 5.56 Å². The second kappa shape index (κ2) is 5.39. The summed E-state index contributed by atoms with van der Waals surface area (Å²) in [5, 5.41) is 0. The van der Waals surface area contributed by atoms with Crippen LogP contribution < -0.4 is 4.90 Å². The number of cyclic esters (lactones) is 1. The van der Waals surface area contributed by atoms with E-state index in [2.05, 4.69) is 0 Å². The lowest BCUT2D eigenvalue weighted by molar-refractivity contribution is -0.114. The molecule has 0 unspecified atom stereocenters. The van der Waals surface area contributed by atoms with Gasteiger partial charge in [-0.15, -0.1) is 0 Å². The highest BCUT2D eigenvalue weighted by Gasteiger charge is 2.28. The number of nitrogens with zero attached hydrogens (tertiary/aromatic N) is 1. The van der Waals surface area contributed by atoms with Crippen LogP contribution in [0.2, 0.25) is 0 Å². The first kappa shape index (κ1) is 13.8. The third-order valence-electron chi connectivity index (χ3n) is 4.25. The van der Waals surface area contributed by atoms with Gasteiger partial charge in [-0.2, -0.15) is 0 Å². The van der Waals surface area contributed by atoms with Crippen LogP contribution >= 0.6 is 0 Å². The molecule has 2 aliphatic rings. The van der Waals surface area contributed by atoms with E-state index in [1.807, 2.05) is 30.3 Å². The van der Waals surface area contributed by atoms with Gasteiger partial charge in [0.2, 0.25) is 0 Å². The Morgan fingerprint density at radius 3 is 2.65 bits per heavy atom. The lowest BCUT2D eigenvalue weighted by Gasteiger charge is -2.28. The molecule has 4 rings (SSSR count). The van der Waals surface area contributed by atoms with Gasteiger partial charge >= 0.3 is 5.97 Å². The van der Waals surface area contributed by atoms with E-state index in [0.29, 0.717) is 23.4 Å². The average Bonchev–Trinajstić information content (AvgIpc) is 2.91. The highest BCUT2D eigenvalue weighted by Crippen LogP contribution is 2.31. The van der Waals surface area contributed by atoms with Crippen LogP contribution in [0.25, 0.3) is 5.76 Å². The van der Waals surface area contributed by atoms with Gasteiger partial charge in [0, 0.05) is 23.9 Å². The molecule has 114 valence electrons. The molecule has 0 aromatic heterocycles. The van der Waals surface area contributed by atoms with E-state index >= 15 is 0 Å². The fourth-order valence-corrected chi connectivity index (χ4v) is 3.15. The highest BCUT2D eigenvalue weighted by atomic mass is 16.5. The summed E-state index contributed by atoms with van der Waals surface area (Å²) in [6.45, 7) is 0.676. The standard InChI is InChI=1S/C19H15NO3/c21-18(20-11-5-7-13-6-1-4-10-16(13)20)12-17-14-8-2-3-9-15(14)19(22)23-17/h1-4,6,8-10,12H,5,7,11H2. The van der Waals surface area contributed by atoms with E-state index in [9.17, 15) is 9.59 Å². The van der Waals surface area contributed by atoms with E-state index < -0.39 is 5.97 Å². The van der Waals surface area contributed by atoms with Crippen molar-refractivity contribution in [3.05, 3.63) is 71.3 Å². The number of esters is 1. The zero-order valence-corrected chi connectivity index (χ0v) is 12.5. The lowest BCUT2D eigenvalue weighted by atomic mass is 10.0. The quantitative estimate of drug-likeness (QED) is 0.600. The zero-order chi connectivity index (χ0) is 15.8. The molecule has 2 aromatic rings. The van der Waals surface area contributed by atoms with Crippen LogP contribution in [0, 0.1) is 0 Å². The van der Waals surface area contributed by atoms with Crippen LogP contribution in [0.1, 0.15) is 27.9 Å². The maximum Gasteiger partial charge on any atom is 0.344 e. The zero-order valence-electron chi connectivity index (χ0n) is 12.5. The SMILES string of the molecule is O=C1OC(=CC(=O)N2CCCc3ccccc32)c2ccccc21. The second-order valence-electron chi connectivity index (χ2n) is 5.67. The normalized spacial score (nSPS) is 17.7. The minimum absolute atomic E-state index is 0.156. The van der Waals surface area contributed by atoms with Crippen molar-refractivity contribution in [3.8, 4) is 0 Å². The molecule has 2 heterocycles. The number of anilines is 1. The van der Waals surface area contributed by atoms with E-state index in [1.165, 1.54) is 11.6 Å². The number of aryl methyl sites for hydroxylation is 1. The summed E-state index contributed by atoms with van der Waals surface area (Å²) in [5.74, 6) is -0.228. The second-order valence-corrected chi connectivity index (χ2v) is 5.67. The van der Waals surface area contributed by atoms with Gasteiger partial charge in [0.15, 0.2) is 0 Å². The predicted molar refractivity (Wildman–Crippen MR) is 87.0 cm³/mol. The third kappa shape index (κ3) is 2.32. The monoisotopic (exact) mass is 305 g/mol. The molecule has 0 saturated heterocycles. The van der Waals surface area contributed by atoms with Crippen molar-refractivity contribution in [2.24, 2.45) is 0 Å². The molecular weight excluding hydrogens is 290 g/mol. The van der Waals surface area contributed by atoms with Crippen LogP contribution in [-0.2, 0) is 16.0 Å². The molecule has 2 aliphatic heterocycles. The number of amides is 1. The maximum atomic E-state index is 12.7. The van der Waals surface area contributed by atoms with Gasteiger partial charge < -0.3 is 9.64 Å². The topological polar surface area (TPSA) is 46.6 Å². The number of ether oxygens (including phenoxy) is 1. The average molecular weight is 305 g/mol. The molecule has 1 amide bonds. The van der Waals surface area contributed by atoms with Crippen LogP contribution in [0.5, 0.6) is 0 Å². The molecule has 0 atom stereocenters. The number of benzene rings is 2. The molecule has 0 bridgehead atoms. The third-order valence-corrected chi connectivity index (χ3v) is 4.25. The number of hydrogen-bond donors (Lipinski definition) is 0. The van der Waals surface area contributed by atoms with Crippen molar-refractivity contribution in [2.75, 3.05) is 11.4 Å². The van der Waals surface area contributed by atoms with Crippen LogP contribution in [-0.4, -0.2) is 18.4 Å². The van der Waals surface area contributed by atoms with Gasteiger partial charge in [-0.25, -0.2) is 4.79 Å². The van der Waals surface area contributed by atoms with Crippen molar-refractivity contribution in [1.82, 2.24) is 0 Å². The minimum Gasteiger partial charge on any atom is -0.422 e. The van der Waals surface area contributed by atoms with Crippen molar-refractivity contribution >= 4 is 23.3 Å². The number of fused-ring (bicyclic) bond motifs is 2. The Morgan fingerprint density at radius 2 is 1.78 bits per heavy atom. The molecule has 4 nitrogen and oxygen atoms in total. The van der Waals surface area contributed by atoms with E-state index in [1.54, 1.807) is 23.1 Å². The molecule has 23 heavy (non-hydrogen) atoms. The van der Waals surface area contributed by atoms with E-state index in [4.69, 9.17) is 4.74 Å². The van der Waals surface area contributed by atoms with Crippen LogP contribution in [0.3, 0.4) is 0 Å². The molecule has 0 saturated carbocycles. The van der Waals surface area contributed by atoms with Crippen molar-refractivity contribution < 1.29 is 14.3 Å². The molecule has 0 fully saturated rings. The summed E-state index contributed by atoms with van der Waals surface area (Å²) in [6.07, 6.45) is 3.34. The fraction of sp³-hybridized carbons (Fsp3) is 0.158. The minimum atomic E-state index is -0.404. The summed E-state index contributed by atoms with van der Waals surface area (Å²) in [7, 11) is 0. The Bertz CT molecular complexity index is 838. The van der Waals surface area contributed by atoms with Gasteiger partial charge in [0.1, 0.15) is 5.76 Å². The Morgan fingerprint density at radius 1 is 1.04 bits per heavy atom. The molecule has 0 spiro atoms. The largest absolute Gasteiger partial charge is 0.422 e. The van der Waals surface area contributed by atoms with Crippen molar-refractivity contribution in [1.29, 1.82) is 0 Å². The fourth-order valence-electron chi connectivity index (χ4n) is 3.15. The molecule has 2 aromatic carbocycles. The number of para-hydroxylation sites is 1. The first-order valence-corrected chi connectivity index (χ1v) is 7.67. The molecule has 0 aliphatic carbocycles. The summed E-state index contributed by atoms with van der Waals surface area (Å²) in [6, 6.07) is 15.0. The van der Waals surface area contributed by atoms with Crippen molar-refractivity contribution in [3.63, 3.8) is 0 Å². The Balaban J connectivity index is 1.69. The smallest absolute Gasteiger partial charge is 0.344 e. The predicted octanol–water partition coefficient (Wildman–Crippen LogP) is 3.18. The van der Waals surface area contributed by atoms with Gasteiger partial charge in [-0.3, -0.25) is 4.79 Å². The van der Waals surface area contributed by atoms with Crippen LogP contribution in [0.4, 0.5) is 5.69 Å². The van der Waals surface area contributed by atoms with Gasteiger partial charge in [0.25, 0.3) is 5.91 Å². The van der Waals surface area contributed by atoms with E-state index in [-0.39, 0.29) is 5.91 Å². The first-order valence-electron chi connectivity index (χ1n) is 7.67. The number of rotatable bonds is 1. The molecule has 4 heteroatoms. The van der Waals surface area contributed by atoms with Gasteiger partial charge in [-0.05, 0) is 30.5 Å². The number of hydrogen-bond acceptors (Lipinski definition) is 3. The van der Waals surface area contributed by atoms with Gasteiger partial charge in [-0.1, -0.05) is 36.4 Å².